The third-order valence-corrected chi connectivity index (χ3v) is 3.34. The lowest BCUT2D eigenvalue weighted by Gasteiger charge is -2.16. The fourth-order valence-electron chi connectivity index (χ4n) is 1.72. The summed E-state index contributed by atoms with van der Waals surface area (Å²) < 4.78 is 0. The number of halogens is 2. The SMILES string of the molecule is C=CCNC(=O)NC(=O)CN(C)CC(=O)Nc1c(Cl)cccc1Cl. The van der Waals surface area contributed by atoms with Gasteiger partial charge in [0.1, 0.15) is 0 Å². The van der Waals surface area contributed by atoms with E-state index in [1.165, 1.54) is 11.0 Å². The highest BCUT2D eigenvalue weighted by molar-refractivity contribution is 6.39. The minimum Gasteiger partial charge on any atom is -0.334 e. The van der Waals surface area contributed by atoms with Crippen LogP contribution >= 0.6 is 23.2 Å². The minimum atomic E-state index is -0.624. The molecule has 0 saturated carbocycles. The summed E-state index contributed by atoms with van der Waals surface area (Å²) in [5.74, 6) is -0.931. The van der Waals surface area contributed by atoms with E-state index in [0.29, 0.717) is 15.7 Å². The summed E-state index contributed by atoms with van der Waals surface area (Å²) in [7, 11) is 1.56. The first-order valence-corrected chi connectivity index (χ1v) is 7.70. The molecule has 0 heterocycles. The van der Waals surface area contributed by atoms with Gasteiger partial charge in [-0.05, 0) is 19.2 Å². The zero-order valence-electron chi connectivity index (χ0n) is 13.1. The smallest absolute Gasteiger partial charge is 0.321 e. The van der Waals surface area contributed by atoms with Crippen molar-refractivity contribution in [2.24, 2.45) is 0 Å². The van der Waals surface area contributed by atoms with Crippen LogP contribution in [0.5, 0.6) is 0 Å². The van der Waals surface area contributed by atoms with Crippen molar-refractivity contribution in [3.05, 3.63) is 40.9 Å². The second-order valence-corrected chi connectivity index (χ2v) is 5.68. The van der Waals surface area contributed by atoms with Gasteiger partial charge in [-0.1, -0.05) is 35.3 Å². The molecular weight excluding hydrogens is 355 g/mol. The van der Waals surface area contributed by atoms with Crippen molar-refractivity contribution in [3.8, 4) is 0 Å². The number of amides is 4. The lowest BCUT2D eigenvalue weighted by molar-refractivity contribution is -0.122. The van der Waals surface area contributed by atoms with E-state index in [1.54, 1.807) is 25.2 Å². The Morgan fingerprint density at radius 3 is 2.33 bits per heavy atom. The third-order valence-electron chi connectivity index (χ3n) is 2.71. The average Bonchev–Trinajstić information content (AvgIpc) is 2.48. The number of carbonyl (C=O) groups excluding carboxylic acids is 3. The van der Waals surface area contributed by atoms with Gasteiger partial charge in [0.15, 0.2) is 0 Å². The molecular formula is C15H18Cl2N4O3. The molecule has 0 radical (unpaired) electrons. The van der Waals surface area contributed by atoms with Crippen LogP contribution < -0.4 is 16.0 Å². The maximum Gasteiger partial charge on any atom is 0.321 e. The Bertz CT molecular complexity index is 617. The molecule has 0 aliphatic heterocycles. The Kier molecular flexibility index (Phi) is 8.25. The number of hydrogen-bond acceptors (Lipinski definition) is 4. The highest BCUT2D eigenvalue weighted by atomic mass is 35.5. The third kappa shape index (κ3) is 6.99. The Morgan fingerprint density at radius 2 is 1.75 bits per heavy atom. The number of likely N-dealkylation sites (N-methyl/N-ethyl adjacent to an activating group) is 1. The molecule has 24 heavy (non-hydrogen) atoms. The number of anilines is 1. The van der Waals surface area contributed by atoms with Crippen molar-refractivity contribution in [1.29, 1.82) is 0 Å². The molecule has 0 aromatic heterocycles. The van der Waals surface area contributed by atoms with Gasteiger partial charge < -0.3 is 10.6 Å². The summed E-state index contributed by atoms with van der Waals surface area (Å²) >= 11 is 11.9. The Labute approximate surface area is 150 Å². The summed E-state index contributed by atoms with van der Waals surface area (Å²) in [6.07, 6.45) is 1.49. The van der Waals surface area contributed by atoms with E-state index in [2.05, 4.69) is 22.5 Å². The van der Waals surface area contributed by atoms with Gasteiger partial charge in [-0.2, -0.15) is 0 Å². The Balaban J connectivity index is 2.45. The molecule has 1 aromatic carbocycles. The first kappa shape index (κ1) is 20.0. The maximum atomic E-state index is 12.0. The largest absolute Gasteiger partial charge is 0.334 e. The summed E-state index contributed by atoms with van der Waals surface area (Å²) in [4.78, 5) is 36.4. The highest BCUT2D eigenvalue weighted by Gasteiger charge is 2.14. The number of carbonyl (C=O) groups is 3. The van der Waals surface area contributed by atoms with E-state index in [4.69, 9.17) is 23.2 Å². The number of benzene rings is 1. The van der Waals surface area contributed by atoms with Crippen LogP contribution in [0.4, 0.5) is 10.5 Å². The predicted octanol–water partition coefficient (Wildman–Crippen LogP) is 1.88. The maximum absolute atomic E-state index is 12.0. The van der Waals surface area contributed by atoms with E-state index in [9.17, 15) is 14.4 Å². The first-order valence-electron chi connectivity index (χ1n) is 6.94. The van der Waals surface area contributed by atoms with Crippen LogP contribution in [0, 0.1) is 0 Å². The molecule has 3 N–H and O–H groups in total. The van der Waals surface area contributed by atoms with Gasteiger partial charge in [0, 0.05) is 6.54 Å². The molecule has 4 amide bonds. The lowest BCUT2D eigenvalue weighted by atomic mass is 10.3. The molecule has 0 atom stereocenters. The molecule has 1 rings (SSSR count). The molecule has 7 nitrogen and oxygen atoms in total. The fraction of sp³-hybridized carbons (Fsp3) is 0.267. The normalized spacial score (nSPS) is 10.2. The van der Waals surface area contributed by atoms with Gasteiger partial charge in [0.25, 0.3) is 0 Å². The van der Waals surface area contributed by atoms with Crippen LogP contribution in [-0.4, -0.2) is 49.4 Å². The minimum absolute atomic E-state index is 0.0801. The van der Waals surface area contributed by atoms with E-state index in [0.717, 1.165) is 0 Å². The van der Waals surface area contributed by atoms with Gasteiger partial charge in [-0.3, -0.25) is 19.8 Å². The zero-order valence-corrected chi connectivity index (χ0v) is 14.6. The molecule has 1 aromatic rings. The van der Waals surface area contributed by atoms with Crippen LogP contribution in [0.1, 0.15) is 0 Å². The molecule has 0 fully saturated rings. The molecule has 0 saturated heterocycles. The average molecular weight is 373 g/mol. The van der Waals surface area contributed by atoms with Gasteiger partial charge in [0.2, 0.25) is 11.8 Å². The number of hydrogen-bond donors (Lipinski definition) is 3. The monoisotopic (exact) mass is 372 g/mol. The molecule has 0 unspecified atom stereocenters. The van der Waals surface area contributed by atoms with Crippen molar-refractivity contribution in [2.45, 2.75) is 0 Å². The number of para-hydroxylation sites is 1. The standard InChI is InChI=1S/C15H18Cl2N4O3/c1-3-7-18-15(24)20-13(23)9-21(2)8-12(22)19-14-10(16)5-4-6-11(14)17/h3-6H,1,7-9H2,2H3,(H,19,22)(H2,18,20,23,24). The van der Waals surface area contributed by atoms with Crippen LogP contribution in [-0.2, 0) is 9.59 Å². The van der Waals surface area contributed by atoms with Crippen molar-refractivity contribution in [2.75, 3.05) is 32.0 Å². The molecule has 0 aliphatic rings. The second kappa shape index (κ2) is 9.92. The predicted molar refractivity (Wildman–Crippen MR) is 94.3 cm³/mol. The lowest BCUT2D eigenvalue weighted by Crippen LogP contribution is -2.45. The Hall–Kier alpha value is -2.09. The van der Waals surface area contributed by atoms with E-state index in [1.807, 2.05) is 0 Å². The van der Waals surface area contributed by atoms with Gasteiger partial charge >= 0.3 is 6.03 Å². The van der Waals surface area contributed by atoms with Crippen LogP contribution in [0.3, 0.4) is 0 Å². The summed E-state index contributed by atoms with van der Waals surface area (Å²) in [6.45, 7) is 3.47. The van der Waals surface area contributed by atoms with Crippen molar-refractivity contribution < 1.29 is 14.4 Å². The van der Waals surface area contributed by atoms with E-state index < -0.39 is 17.8 Å². The van der Waals surface area contributed by atoms with Crippen molar-refractivity contribution >= 4 is 46.7 Å². The van der Waals surface area contributed by atoms with Crippen molar-refractivity contribution in [1.82, 2.24) is 15.5 Å². The highest BCUT2D eigenvalue weighted by Crippen LogP contribution is 2.29. The molecule has 0 aliphatic carbocycles. The number of nitrogens with zero attached hydrogens (tertiary/aromatic N) is 1. The van der Waals surface area contributed by atoms with E-state index in [-0.39, 0.29) is 19.6 Å². The molecule has 9 heteroatoms. The topological polar surface area (TPSA) is 90.5 Å². The van der Waals surface area contributed by atoms with Crippen LogP contribution in [0.25, 0.3) is 0 Å². The Morgan fingerprint density at radius 1 is 1.17 bits per heavy atom. The number of urea groups is 1. The molecule has 0 bridgehead atoms. The molecule has 130 valence electrons. The summed E-state index contributed by atoms with van der Waals surface area (Å²) in [5.41, 5.74) is 0.312. The second-order valence-electron chi connectivity index (χ2n) is 4.86. The van der Waals surface area contributed by atoms with Crippen molar-refractivity contribution in [3.63, 3.8) is 0 Å². The number of nitrogens with one attached hydrogen (secondary N) is 3. The van der Waals surface area contributed by atoms with Gasteiger partial charge in [-0.25, -0.2) is 4.79 Å². The summed E-state index contributed by atoms with van der Waals surface area (Å²) in [6, 6.07) is 4.24. The summed E-state index contributed by atoms with van der Waals surface area (Å²) in [5, 5.41) is 7.76. The van der Waals surface area contributed by atoms with Crippen LogP contribution in [0.2, 0.25) is 10.0 Å². The fourth-order valence-corrected chi connectivity index (χ4v) is 2.21. The first-order chi connectivity index (χ1) is 11.3. The zero-order chi connectivity index (χ0) is 18.1. The van der Waals surface area contributed by atoms with E-state index >= 15 is 0 Å². The molecule has 0 spiro atoms. The number of rotatable bonds is 7. The van der Waals surface area contributed by atoms with Crippen LogP contribution in [0.15, 0.2) is 30.9 Å². The number of imide groups is 1. The van der Waals surface area contributed by atoms with Gasteiger partial charge in [-0.15, -0.1) is 6.58 Å². The quantitative estimate of drug-likeness (QED) is 0.637. The van der Waals surface area contributed by atoms with Gasteiger partial charge in [0.05, 0.1) is 28.8 Å².